The van der Waals surface area contributed by atoms with Crippen molar-refractivity contribution >= 4 is 0 Å². The molecule has 0 radical (unpaired) electrons. The standard InChI is InChI=1S/C12H21N3O/c1-10(2)15-9-13-7-12(15)8-14-11-3-5-16-6-4-11/h7,9-11,14H,3-6,8H2,1-2H3. The largest absolute Gasteiger partial charge is 0.381 e. The Morgan fingerprint density at radius 2 is 2.25 bits per heavy atom. The highest BCUT2D eigenvalue weighted by molar-refractivity contribution is 4.99. The Hall–Kier alpha value is -0.870. The smallest absolute Gasteiger partial charge is 0.0951 e. The molecule has 0 aromatic carbocycles. The molecule has 16 heavy (non-hydrogen) atoms. The Kier molecular flexibility index (Phi) is 3.96. The zero-order chi connectivity index (χ0) is 11.4. The molecule has 90 valence electrons. The van der Waals surface area contributed by atoms with Gasteiger partial charge in [-0.3, -0.25) is 0 Å². The van der Waals surface area contributed by atoms with E-state index in [-0.39, 0.29) is 0 Å². The Labute approximate surface area is 97.0 Å². The van der Waals surface area contributed by atoms with Gasteiger partial charge in [-0.1, -0.05) is 0 Å². The third-order valence-corrected chi connectivity index (χ3v) is 3.10. The molecule has 0 atom stereocenters. The molecule has 0 bridgehead atoms. The van der Waals surface area contributed by atoms with Crippen molar-refractivity contribution in [2.75, 3.05) is 13.2 Å². The van der Waals surface area contributed by atoms with Gasteiger partial charge in [0.2, 0.25) is 0 Å². The van der Waals surface area contributed by atoms with E-state index in [2.05, 4.69) is 28.7 Å². The molecule has 4 nitrogen and oxygen atoms in total. The zero-order valence-electron chi connectivity index (χ0n) is 10.1. The van der Waals surface area contributed by atoms with E-state index in [0.29, 0.717) is 12.1 Å². The van der Waals surface area contributed by atoms with Gasteiger partial charge in [0.05, 0.1) is 12.0 Å². The van der Waals surface area contributed by atoms with Crippen molar-refractivity contribution in [1.29, 1.82) is 0 Å². The van der Waals surface area contributed by atoms with Gasteiger partial charge in [-0.25, -0.2) is 4.98 Å². The van der Waals surface area contributed by atoms with Crippen LogP contribution in [0.4, 0.5) is 0 Å². The lowest BCUT2D eigenvalue weighted by Crippen LogP contribution is -2.34. The number of hydrogen-bond acceptors (Lipinski definition) is 3. The van der Waals surface area contributed by atoms with E-state index < -0.39 is 0 Å². The van der Waals surface area contributed by atoms with Crippen molar-refractivity contribution in [1.82, 2.24) is 14.9 Å². The van der Waals surface area contributed by atoms with Crippen LogP contribution in [0.25, 0.3) is 0 Å². The average Bonchev–Trinajstić information content (AvgIpc) is 2.76. The van der Waals surface area contributed by atoms with Crippen LogP contribution in [0.2, 0.25) is 0 Å². The molecule has 1 aliphatic rings. The highest BCUT2D eigenvalue weighted by atomic mass is 16.5. The van der Waals surface area contributed by atoms with Gasteiger partial charge in [-0.2, -0.15) is 0 Å². The van der Waals surface area contributed by atoms with Crippen LogP contribution in [0.3, 0.4) is 0 Å². The van der Waals surface area contributed by atoms with Crippen LogP contribution in [0.1, 0.15) is 38.4 Å². The molecule has 1 N–H and O–H groups in total. The normalized spacial score (nSPS) is 18.2. The summed E-state index contributed by atoms with van der Waals surface area (Å²) in [6.45, 7) is 7.05. The Balaban J connectivity index is 1.86. The van der Waals surface area contributed by atoms with E-state index in [1.165, 1.54) is 5.69 Å². The van der Waals surface area contributed by atoms with E-state index in [1.807, 2.05) is 12.5 Å². The first-order valence-corrected chi connectivity index (χ1v) is 6.09. The number of imidazole rings is 1. The molecule has 2 rings (SSSR count). The van der Waals surface area contributed by atoms with Crippen LogP contribution in [0.5, 0.6) is 0 Å². The first kappa shape index (κ1) is 11.6. The number of rotatable bonds is 4. The molecule has 1 aliphatic heterocycles. The average molecular weight is 223 g/mol. The maximum Gasteiger partial charge on any atom is 0.0951 e. The minimum Gasteiger partial charge on any atom is -0.381 e. The molecule has 0 unspecified atom stereocenters. The van der Waals surface area contributed by atoms with Gasteiger partial charge in [0.1, 0.15) is 0 Å². The van der Waals surface area contributed by atoms with Crippen LogP contribution in [0, 0.1) is 0 Å². The summed E-state index contributed by atoms with van der Waals surface area (Å²) in [4.78, 5) is 4.21. The molecule has 1 aromatic heterocycles. The van der Waals surface area contributed by atoms with E-state index >= 15 is 0 Å². The van der Waals surface area contributed by atoms with E-state index in [4.69, 9.17) is 4.74 Å². The first-order valence-electron chi connectivity index (χ1n) is 6.09. The molecule has 0 aliphatic carbocycles. The van der Waals surface area contributed by atoms with Crippen molar-refractivity contribution in [2.24, 2.45) is 0 Å². The molecular weight excluding hydrogens is 202 g/mol. The molecule has 1 aromatic rings. The number of ether oxygens (including phenoxy) is 1. The molecule has 1 saturated heterocycles. The predicted molar refractivity (Wildman–Crippen MR) is 63.3 cm³/mol. The SMILES string of the molecule is CC(C)n1cncc1CNC1CCOCC1. The second kappa shape index (κ2) is 5.46. The van der Waals surface area contributed by atoms with Gasteiger partial charge in [-0.15, -0.1) is 0 Å². The van der Waals surface area contributed by atoms with Crippen molar-refractivity contribution in [2.45, 2.75) is 45.3 Å². The zero-order valence-corrected chi connectivity index (χ0v) is 10.1. The summed E-state index contributed by atoms with van der Waals surface area (Å²) in [6, 6.07) is 1.08. The van der Waals surface area contributed by atoms with E-state index in [0.717, 1.165) is 32.6 Å². The maximum absolute atomic E-state index is 5.34. The lowest BCUT2D eigenvalue weighted by atomic mass is 10.1. The van der Waals surface area contributed by atoms with Crippen molar-refractivity contribution < 1.29 is 4.74 Å². The second-order valence-corrected chi connectivity index (χ2v) is 4.65. The molecule has 2 heterocycles. The monoisotopic (exact) mass is 223 g/mol. The maximum atomic E-state index is 5.34. The Morgan fingerprint density at radius 3 is 2.94 bits per heavy atom. The number of nitrogens with one attached hydrogen (secondary N) is 1. The number of nitrogens with zero attached hydrogens (tertiary/aromatic N) is 2. The lowest BCUT2D eigenvalue weighted by molar-refractivity contribution is 0.0774. The summed E-state index contributed by atoms with van der Waals surface area (Å²) in [5.74, 6) is 0. The van der Waals surface area contributed by atoms with Crippen LogP contribution in [0.15, 0.2) is 12.5 Å². The number of hydrogen-bond donors (Lipinski definition) is 1. The van der Waals surface area contributed by atoms with Crippen LogP contribution < -0.4 is 5.32 Å². The number of aromatic nitrogens is 2. The fourth-order valence-electron chi connectivity index (χ4n) is 2.08. The van der Waals surface area contributed by atoms with Crippen molar-refractivity contribution in [3.05, 3.63) is 18.2 Å². The molecular formula is C12H21N3O. The molecule has 1 fully saturated rings. The first-order chi connectivity index (χ1) is 7.77. The highest BCUT2D eigenvalue weighted by Gasteiger charge is 2.14. The second-order valence-electron chi connectivity index (χ2n) is 4.65. The molecule has 4 heteroatoms. The van der Waals surface area contributed by atoms with Gasteiger partial charge in [0, 0.05) is 38.0 Å². The molecule has 0 amide bonds. The summed E-state index contributed by atoms with van der Waals surface area (Å²) < 4.78 is 7.56. The third-order valence-electron chi connectivity index (χ3n) is 3.10. The van der Waals surface area contributed by atoms with E-state index in [9.17, 15) is 0 Å². The van der Waals surface area contributed by atoms with Gasteiger partial charge in [0.15, 0.2) is 0 Å². The summed E-state index contributed by atoms with van der Waals surface area (Å²) in [5.41, 5.74) is 1.27. The third kappa shape index (κ3) is 2.83. The van der Waals surface area contributed by atoms with E-state index in [1.54, 1.807) is 0 Å². The quantitative estimate of drug-likeness (QED) is 0.845. The van der Waals surface area contributed by atoms with Crippen LogP contribution in [-0.2, 0) is 11.3 Å². The molecule has 0 spiro atoms. The van der Waals surface area contributed by atoms with Crippen molar-refractivity contribution in [3.8, 4) is 0 Å². The topological polar surface area (TPSA) is 39.1 Å². The summed E-state index contributed by atoms with van der Waals surface area (Å²) >= 11 is 0. The van der Waals surface area contributed by atoms with Gasteiger partial charge < -0.3 is 14.6 Å². The van der Waals surface area contributed by atoms with Gasteiger partial charge in [0.25, 0.3) is 0 Å². The minimum absolute atomic E-state index is 0.481. The fraction of sp³-hybridized carbons (Fsp3) is 0.750. The Morgan fingerprint density at radius 1 is 1.50 bits per heavy atom. The fourth-order valence-corrected chi connectivity index (χ4v) is 2.08. The van der Waals surface area contributed by atoms with Gasteiger partial charge in [-0.05, 0) is 26.7 Å². The molecule has 0 saturated carbocycles. The van der Waals surface area contributed by atoms with Crippen LogP contribution >= 0.6 is 0 Å². The summed E-state index contributed by atoms with van der Waals surface area (Å²) in [7, 11) is 0. The predicted octanol–water partition coefficient (Wildman–Crippen LogP) is 1.73. The van der Waals surface area contributed by atoms with Crippen LogP contribution in [-0.4, -0.2) is 28.8 Å². The van der Waals surface area contributed by atoms with Crippen molar-refractivity contribution in [3.63, 3.8) is 0 Å². The minimum atomic E-state index is 0.481. The van der Waals surface area contributed by atoms with Gasteiger partial charge >= 0.3 is 0 Å². The summed E-state index contributed by atoms with van der Waals surface area (Å²) in [6.07, 6.45) is 6.10. The summed E-state index contributed by atoms with van der Waals surface area (Å²) in [5, 5.41) is 3.58. The highest BCUT2D eigenvalue weighted by Crippen LogP contribution is 2.11. The lowest BCUT2D eigenvalue weighted by Gasteiger charge is -2.23. The Bertz CT molecular complexity index is 316.